The van der Waals surface area contributed by atoms with Gasteiger partial charge >= 0.3 is 6.18 Å². The molecule has 0 heterocycles. The smallest absolute Gasteiger partial charge is 0.388 e. The topological polar surface area (TPSA) is 69.6 Å². The number of alkyl halides is 3. The van der Waals surface area contributed by atoms with E-state index in [2.05, 4.69) is 21.2 Å². The van der Waals surface area contributed by atoms with E-state index in [-0.39, 0.29) is 22.5 Å². The molecular formula is C12H13BrF3NO3. The maximum Gasteiger partial charge on any atom is 0.416 e. The zero-order valence-corrected chi connectivity index (χ0v) is 12.0. The zero-order chi connectivity index (χ0) is 15.5. The summed E-state index contributed by atoms with van der Waals surface area (Å²) in [5.41, 5.74) is -0.757. The van der Waals surface area contributed by atoms with Crippen LogP contribution in [-0.4, -0.2) is 28.8 Å². The fourth-order valence-electron chi connectivity index (χ4n) is 1.51. The largest absolute Gasteiger partial charge is 0.416 e. The van der Waals surface area contributed by atoms with Crippen LogP contribution in [0.3, 0.4) is 0 Å². The van der Waals surface area contributed by atoms with Crippen molar-refractivity contribution in [2.75, 3.05) is 6.54 Å². The van der Waals surface area contributed by atoms with Crippen molar-refractivity contribution < 1.29 is 28.2 Å². The summed E-state index contributed by atoms with van der Waals surface area (Å²) in [7, 11) is 0. The molecule has 8 heteroatoms. The van der Waals surface area contributed by atoms with Crippen LogP contribution in [0.15, 0.2) is 22.7 Å². The van der Waals surface area contributed by atoms with Gasteiger partial charge in [0.25, 0.3) is 0 Å². The van der Waals surface area contributed by atoms with E-state index in [0.29, 0.717) is 0 Å². The number of carbonyl (C=O) groups is 1. The van der Waals surface area contributed by atoms with Gasteiger partial charge in [0.2, 0.25) is 5.91 Å². The normalized spacial score (nSPS) is 14.8. The monoisotopic (exact) mass is 355 g/mol. The van der Waals surface area contributed by atoms with Crippen LogP contribution in [0.2, 0.25) is 0 Å². The summed E-state index contributed by atoms with van der Waals surface area (Å²) in [6.07, 6.45) is -7.23. The molecule has 0 aromatic heterocycles. The van der Waals surface area contributed by atoms with Gasteiger partial charge < -0.3 is 15.5 Å². The lowest BCUT2D eigenvalue weighted by atomic mass is 10.0. The Kier molecular flexibility index (Phi) is 5.55. The molecule has 2 atom stereocenters. The predicted octanol–water partition coefficient (Wildman–Crippen LogP) is 2.00. The van der Waals surface area contributed by atoms with E-state index in [0.717, 1.165) is 18.2 Å². The first kappa shape index (κ1) is 16.9. The summed E-state index contributed by atoms with van der Waals surface area (Å²) < 4.78 is 37.5. The summed E-state index contributed by atoms with van der Waals surface area (Å²) in [4.78, 5) is 10.7. The molecule has 1 aromatic carbocycles. The van der Waals surface area contributed by atoms with Crippen LogP contribution in [0.4, 0.5) is 13.2 Å². The second-order valence-corrected chi connectivity index (χ2v) is 5.04. The van der Waals surface area contributed by atoms with E-state index in [4.69, 9.17) is 0 Å². The van der Waals surface area contributed by atoms with Gasteiger partial charge in [0.1, 0.15) is 12.2 Å². The van der Waals surface area contributed by atoms with Crippen molar-refractivity contribution in [3.8, 4) is 0 Å². The number of carbonyl (C=O) groups excluding carboxylic acids is 1. The van der Waals surface area contributed by atoms with Gasteiger partial charge in [-0.3, -0.25) is 4.79 Å². The van der Waals surface area contributed by atoms with Crippen LogP contribution in [-0.2, 0) is 11.0 Å². The molecule has 0 bridgehead atoms. The van der Waals surface area contributed by atoms with Crippen LogP contribution < -0.4 is 5.32 Å². The number of aliphatic hydroxyl groups is 2. The van der Waals surface area contributed by atoms with Crippen LogP contribution in [0, 0.1) is 0 Å². The minimum absolute atomic E-state index is 0.0294. The molecule has 0 spiro atoms. The summed E-state index contributed by atoms with van der Waals surface area (Å²) in [6, 6.07) is 2.71. The predicted molar refractivity (Wildman–Crippen MR) is 68.8 cm³/mol. The molecule has 0 aliphatic carbocycles. The molecule has 1 rings (SSSR count). The van der Waals surface area contributed by atoms with E-state index in [9.17, 15) is 28.2 Å². The van der Waals surface area contributed by atoms with Gasteiger partial charge in [-0.05, 0) is 17.7 Å². The van der Waals surface area contributed by atoms with Crippen LogP contribution in [0.1, 0.15) is 24.2 Å². The Morgan fingerprint density at radius 2 is 2.00 bits per heavy atom. The lowest BCUT2D eigenvalue weighted by Crippen LogP contribution is -2.34. The molecule has 1 amide bonds. The van der Waals surface area contributed by atoms with E-state index < -0.39 is 23.9 Å². The number of benzene rings is 1. The molecule has 4 nitrogen and oxygen atoms in total. The Hall–Kier alpha value is -1.12. The minimum Gasteiger partial charge on any atom is -0.388 e. The third-order valence-corrected chi connectivity index (χ3v) is 3.26. The molecule has 0 saturated heterocycles. The van der Waals surface area contributed by atoms with E-state index in [1.807, 2.05) is 0 Å². The number of amides is 1. The summed E-state index contributed by atoms with van der Waals surface area (Å²) in [6.45, 7) is 1.04. The highest BCUT2D eigenvalue weighted by atomic mass is 79.9. The molecule has 0 radical (unpaired) electrons. The lowest BCUT2D eigenvalue weighted by Gasteiger charge is -2.20. The summed E-state index contributed by atoms with van der Waals surface area (Å²) in [5.74, 6) is -0.386. The highest BCUT2D eigenvalue weighted by Crippen LogP contribution is 2.34. The maximum absolute atomic E-state index is 12.5. The second kappa shape index (κ2) is 6.55. The Bertz CT molecular complexity index is 493. The molecule has 0 fully saturated rings. The maximum atomic E-state index is 12.5. The molecule has 0 aliphatic heterocycles. The Morgan fingerprint density at radius 1 is 1.40 bits per heavy atom. The minimum atomic E-state index is -4.49. The molecule has 0 aliphatic rings. The number of hydrogen-bond donors (Lipinski definition) is 3. The van der Waals surface area contributed by atoms with Crippen molar-refractivity contribution in [1.29, 1.82) is 0 Å². The van der Waals surface area contributed by atoms with Gasteiger partial charge in [-0.15, -0.1) is 0 Å². The van der Waals surface area contributed by atoms with Crippen molar-refractivity contribution >= 4 is 21.8 Å². The van der Waals surface area contributed by atoms with Gasteiger partial charge in [0, 0.05) is 17.9 Å². The number of aliphatic hydroxyl groups excluding tert-OH is 2. The highest BCUT2D eigenvalue weighted by molar-refractivity contribution is 9.10. The van der Waals surface area contributed by atoms with Crippen molar-refractivity contribution in [2.45, 2.75) is 25.3 Å². The summed E-state index contributed by atoms with van der Waals surface area (Å²) >= 11 is 2.93. The molecule has 20 heavy (non-hydrogen) atoms. The van der Waals surface area contributed by atoms with Gasteiger partial charge in [0.15, 0.2) is 0 Å². The van der Waals surface area contributed by atoms with Crippen LogP contribution in [0.5, 0.6) is 0 Å². The van der Waals surface area contributed by atoms with Crippen molar-refractivity contribution in [3.05, 3.63) is 33.8 Å². The fourth-order valence-corrected chi connectivity index (χ4v) is 2.12. The van der Waals surface area contributed by atoms with Gasteiger partial charge in [-0.25, -0.2) is 0 Å². The first-order valence-corrected chi connectivity index (χ1v) is 6.39. The molecule has 3 N–H and O–H groups in total. The average molecular weight is 356 g/mol. The SMILES string of the molecule is CC(=O)NCC(O)C(O)c1ccc(C(F)(F)F)cc1Br. The van der Waals surface area contributed by atoms with Crippen LogP contribution >= 0.6 is 15.9 Å². The van der Waals surface area contributed by atoms with Gasteiger partial charge in [0.05, 0.1) is 5.56 Å². The number of halogens is 4. The second-order valence-electron chi connectivity index (χ2n) is 4.18. The molecular weight excluding hydrogens is 343 g/mol. The lowest BCUT2D eigenvalue weighted by molar-refractivity contribution is -0.137. The van der Waals surface area contributed by atoms with E-state index in [1.165, 1.54) is 6.92 Å². The number of hydrogen-bond acceptors (Lipinski definition) is 3. The van der Waals surface area contributed by atoms with Crippen molar-refractivity contribution in [1.82, 2.24) is 5.32 Å². The number of rotatable bonds is 4. The first-order chi connectivity index (χ1) is 9.12. The number of nitrogens with one attached hydrogen (secondary N) is 1. The van der Waals surface area contributed by atoms with Crippen molar-refractivity contribution in [3.63, 3.8) is 0 Å². The van der Waals surface area contributed by atoms with Crippen molar-refractivity contribution in [2.24, 2.45) is 0 Å². The van der Waals surface area contributed by atoms with Gasteiger partial charge in [-0.2, -0.15) is 13.2 Å². The molecule has 1 aromatic rings. The van der Waals surface area contributed by atoms with Gasteiger partial charge in [-0.1, -0.05) is 22.0 Å². The van der Waals surface area contributed by atoms with E-state index in [1.54, 1.807) is 0 Å². The Labute approximate surface area is 121 Å². The quantitative estimate of drug-likeness (QED) is 0.773. The molecule has 2 unspecified atom stereocenters. The third-order valence-electron chi connectivity index (χ3n) is 2.57. The Balaban J connectivity index is 2.88. The molecule has 0 saturated carbocycles. The zero-order valence-electron chi connectivity index (χ0n) is 10.4. The standard InChI is InChI=1S/C12H13BrF3NO3/c1-6(18)17-5-10(19)11(20)8-3-2-7(4-9(8)13)12(14,15)16/h2-4,10-11,19-20H,5H2,1H3,(H,17,18). The first-order valence-electron chi connectivity index (χ1n) is 5.60. The average Bonchev–Trinajstić information content (AvgIpc) is 2.33. The summed E-state index contributed by atoms with van der Waals surface area (Å²) in [5, 5.41) is 21.8. The fraction of sp³-hybridized carbons (Fsp3) is 0.417. The Morgan fingerprint density at radius 3 is 2.45 bits per heavy atom. The highest BCUT2D eigenvalue weighted by Gasteiger charge is 2.31. The van der Waals surface area contributed by atoms with Crippen LogP contribution in [0.25, 0.3) is 0 Å². The third kappa shape index (κ3) is 4.46. The van der Waals surface area contributed by atoms with E-state index >= 15 is 0 Å². The molecule has 112 valence electrons.